The molecule has 23 heavy (non-hydrogen) atoms. The zero-order valence-corrected chi connectivity index (χ0v) is 14.1. The van der Waals surface area contributed by atoms with Crippen LogP contribution in [0.5, 0.6) is 0 Å². The molecular weight excluding hydrogens is 278 g/mol. The number of benzene rings is 3. The fourth-order valence-corrected chi connectivity index (χ4v) is 3.57. The lowest BCUT2D eigenvalue weighted by molar-refractivity contribution is 1.14. The Morgan fingerprint density at radius 3 is 1.57 bits per heavy atom. The van der Waals surface area contributed by atoms with E-state index in [1.54, 1.807) is 0 Å². The Morgan fingerprint density at radius 1 is 0.565 bits per heavy atom. The quantitative estimate of drug-likeness (QED) is 0.405. The first-order valence-electron chi connectivity index (χ1n) is 8.13. The van der Waals surface area contributed by atoms with E-state index in [0.717, 1.165) is 0 Å². The number of hydrogen-bond donors (Lipinski definition) is 0. The highest BCUT2D eigenvalue weighted by Gasteiger charge is 2.13. The van der Waals surface area contributed by atoms with Crippen LogP contribution in [0.1, 0.15) is 22.3 Å². The molecule has 1 nitrogen and oxygen atoms in total. The number of nitrogens with zero attached hydrogens (tertiary/aromatic N) is 1. The minimum absolute atomic E-state index is 1.27. The van der Waals surface area contributed by atoms with Gasteiger partial charge in [-0.15, -0.1) is 0 Å². The molecule has 4 aromatic rings. The third-order valence-electron chi connectivity index (χ3n) is 4.67. The Labute approximate surface area is 137 Å². The van der Waals surface area contributed by atoms with E-state index in [2.05, 4.69) is 86.9 Å². The SMILES string of the molecule is Cc1ccc(-n2c3ccc(C)cc3c3cc(C)ccc32)c(C)c1. The summed E-state index contributed by atoms with van der Waals surface area (Å²) < 4.78 is 2.40. The molecule has 0 saturated heterocycles. The van der Waals surface area contributed by atoms with Crippen LogP contribution in [0.2, 0.25) is 0 Å². The molecule has 0 spiro atoms. The molecule has 0 atom stereocenters. The van der Waals surface area contributed by atoms with Gasteiger partial charge in [0, 0.05) is 16.5 Å². The average molecular weight is 299 g/mol. The van der Waals surface area contributed by atoms with Crippen molar-refractivity contribution < 1.29 is 0 Å². The summed E-state index contributed by atoms with van der Waals surface area (Å²) in [6, 6.07) is 20.2. The molecule has 1 heteroatoms. The van der Waals surface area contributed by atoms with E-state index in [9.17, 15) is 0 Å². The fraction of sp³-hybridized carbons (Fsp3) is 0.182. The van der Waals surface area contributed by atoms with E-state index in [4.69, 9.17) is 0 Å². The molecule has 0 fully saturated rings. The van der Waals surface area contributed by atoms with Gasteiger partial charge in [-0.3, -0.25) is 0 Å². The Balaban J connectivity index is 2.20. The second kappa shape index (κ2) is 4.99. The average Bonchev–Trinajstić information content (AvgIpc) is 2.81. The van der Waals surface area contributed by atoms with Gasteiger partial charge >= 0.3 is 0 Å². The van der Waals surface area contributed by atoms with Crippen LogP contribution in [0.25, 0.3) is 27.5 Å². The standard InChI is InChI=1S/C22H21N/c1-14-5-8-20(17(4)11-14)23-21-9-6-15(2)12-18(21)19-13-16(3)7-10-22(19)23/h5-13H,1-4H3. The van der Waals surface area contributed by atoms with Gasteiger partial charge in [-0.05, 0) is 63.6 Å². The maximum Gasteiger partial charge on any atom is 0.0541 e. The lowest BCUT2D eigenvalue weighted by atomic mass is 10.1. The lowest BCUT2D eigenvalue weighted by Gasteiger charge is -2.12. The van der Waals surface area contributed by atoms with Gasteiger partial charge in [0.1, 0.15) is 0 Å². The minimum atomic E-state index is 1.27. The summed E-state index contributed by atoms with van der Waals surface area (Å²) in [5, 5.41) is 2.67. The number of aromatic nitrogens is 1. The summed E-state index contributed by atoms with van der Waals surface area (Å²) in [6.45, 7) is 8.67. The van der Waals surface area contributed by atoms with Crippen molar-refractivity contribution in [1.82, 2.24) is 4.57 Å². The van der Waals surface area contributed by atoms with Crippen molar-refractivity contribution >= 4 is 21.8 Å². The summed E-state index contributed by atoms with van der Waals surface area (Å²) in [5.41, 5.74) is 9.05. The number of fused-ring (bicyclic) bond motifs is 3. The van der Waals surface area contributed by atoms with Gasteiger partial charge in [0.05, 0.1) is 11.0 Å². The monoisotopic (exact) mass is 299 g/mol. The van der Waals surface area contributed by atoms with Crippen molar-refractivity contribution in [3.63, 3.8) is 0 Å². The number of rotatable bonds is 1. The van der Waals surface area contributed by atoms with Crippen LogP contribution in [-0.2, 0) is 0 Å². The maximum absolute atomic E-state index is 2.40. The molecule has 0 amide bonds. The second-order valence-electron chi connectivity index (χ2n) is 6.67. The van der Waals surface area contributed by atoms with Gasteiger partial charge in [-0.25, -0.2) is 0 Å². The highest BCUT2D eigenvalue weighted by atomic mass is 15.0. The lowest BCUT2D eigenvalue weighted by Crippen LogP contribution is -1.97. The van der Waals surface area contributed by atoms with Crippen LogP contribution >= 0.6 is 0 Å². The summed E-state index contributed by atoms with van der Waals surface area (Å²) in [7, 11) is 0. The van der Waals surface area contributed by atoms with Gasteiger partial charge in [0.2, 0.25) is 0 Å². The van der Waals surface area contributed by atoms with Crippen LogP contribution in [0, 0.1) is 27.7 Å². The molecule has 114 valence electrons. The van der Waals surface area contributed by atoms with E-state index in [1.807, 2.05) is 0 Å². The van der Waals surface area contributed by atoms with Crippen LogP contribution in [0.4, 0.5) is 0 Å². The van der Waals surface area contributed by atoms with Crippen molar-refractivity contribution in [2.45, 2.75) is 27.7 Å². The molecule has 3 aromatic carbocycles. The second-order valence-corrected chi connectivity index (χ2v) is 6.67. The molecule has 0 aliphatic carbocycles. The van der Waals surface area contributed by atoms with Crippen molar-refractivity contribution in [2.75, 3.05) is 0 Å². The largest absolute Gasteiger partial charge is 0.309 e. The Bertz CT molecular complexity index is 991. The summed E-state index contributed by atoms with van der Waals surface area (Å²) in [4.78, 5) is 0. The summed E-state index contributed by atoms with van der Waals surface area (Å²) in [5.74, 6) is 0. The first-order chi connectivity index (χ1) is 11.0. The maximum atomic E-state index is 2.40. The molecule has 1 aromatic heterocycles. The topological polar surface area (TPSA) is 4.93 Å². The van der Waals surface area contributed by atoms with Crippen molar-refractivity contribution in [2.24, 2.45) is 0 Å². The first-order valence-corrected chi connectivity index (χ1v) is 8.13. The minimum Gasteiger partial charge on any atom is -0.309 e. The predicted octanol–water partition coefficient (Wildman–Crippen LogP) is 6.02. The van der Waals surface area contributed by atoms with Crippen LogP contribution in [0.3, 0.4) is 0 Å². The third-order valence-corrected chi connectivity index (χ3v) is 4.67. The van der Waals surface area contributed by atoms with E-state index in [0.29, 0.717) is 0 Å². The van der Waals surface area contributed by atoms with Gasteiger partial charge in [0.25, 0.3) is 0 Å². The molecule has 1 heterocycles. The van der Waals surface area contributed by atoms with Gasteiger partial charge in [-0.2, -0.15) is 0 Å². The third kappa shape index (κ3) is 2.16. The Hall–Kier alpha value is -2.54. The molecule has 0 bridgehead atoms. The first kappa shape index (κ1) is 14.1. The van der Waals surface area contributed by atoms with Gasteiger partial charge in [-0.1, -0.05) is 41.0 Å². The summed E-state index contributed by atoms with van der Waals surface area (Å²) in [6.07, 6.45) is 0. The number of hydrogen-bond acceptors (Lipinski definition) is 0. The van der Waals surface area contributed by atoms with Crippen molar-refractivity contribution in [3.8, 4) is 5.69 Å². The highest BCUT2D eigenvalue weighted by Crippen LogP contribution is 2.34. The van der Waals surface area contributed by atoms with Crippen LogP contribution in [0.15, 0.2) is 54.6 Å². The Kier molecular flexibility index (Phi) is 3.05. The molecule has 0 radical (unpaired) electrons. The van der Waals surface area contributed by atoms with E-state index in [-0.39, 0.29) is 0 Å². The van der Waals surface area contributed by atoms with Crippen molar-refractivity contribution in [1.29, 1.82) is 0 Å². The number of aryl methyl sites for hydroxylation is 4. The molecule has 4 rings (SSSR count). The summed E-state index contributed by atoms with van der Waals surface area (Å²) >= 11 is 0. The van der Waals surface area contributed by atoms with E-state index >= 15 is 0 Å². The van der Waals surface area contributed by atoms with E-state index < -0.39 is 0 Å². The van der Waals surface area contributed by atoms with Crippen LogP contribution in [-0.4, -0.2) is 4.57 Å². The van der Waals surface area contributed by atoms with Crippen LogP contribution < -0.4 is 0 Å². The normalized spacial score (nSPS) is 11.5. The predicted molar refractivity (Wildman–Crippen MR) is 99.7 cm³/mol. The molecule has 0 saturated carbocycles. The highest BCUT2D eigenvalue weighted by molar-refractivity contribution is 6.09. The Morgan fingerprint density at radius 2 is 1.04 bits per heavy atom. The molecule has 0 N–H and O–H groups in total. The molecular formula is C22H21N. The zero-order chi connectivity index (χ0) is 16.1. The van der Waals surface area contributed by atoms with Crippen molar-refractivity contribution in [3.05, 3.63) is 76.9 Å². The molecule has 0 aliphatic heterocycles. The van der Waals surface area contributed by atoms with Gasteiger partial charge in [0.15, 0.2) is 0 Å². The van der Waals surface area contributed by atoms with Gasteiger partial charge < -0.3 is 4.57 Å². The molecule has 0 unspecified atom stereocenters. The zero-order valence-electron chi connectivity index (χ0n) is 14.1. The fourth-order valence-electron chi connectivity index (χ4n) is 3.57. The van der Waals surface area contributed by atoms with E-state index in [1.165, 1.54) is 49.7 Å². The molecule has 0 aliphatic rings. The smallest absolute Gasteiger partial charge is 0.0541 e.